The molecule has 1 saturated heterocycles. The predicted molar refractivity (Wildman–Crippen MR) is 96.2 cm³/mol. The molecule has 0 aromatic heterocycles. The van der Waals surface area contributed by atoms with Crippen LogP contribution in [0.1, 0.15) is 13.8 Å². The zero-order chi connectivity index (χ0) is 18.4. The van der Waals surface area contributed by atoms with Crippen molar-refractivity contribution < 1.29 is 19.1 Å². The number of piperazine rings is 1. The summed E-state index contributed by atoms with van der Waals surface area (Å²) in [6.07, 6.45) is 0. The van der Waals surface area contributed by atoms with Crippen LogP contribution in [-0.4, -0.2) is 67.4 Å². The van der Waals surface area contributed by atoms with Gasteiger partial charge in [-0.1, -0.05) is 12.1 Å². The number of hydrogen-bond donors (Lipinski definition) is 0. The molecule has 0 unspecified atom stereocenters. The minimum atomic E-state index is -0.583. The minimum Gasteiger partial charge on any atom is -0.493 e. The summed E-state index contributed by atoms with van der Waals surface area (Å²) in [6.45, 7) is 5.64. The van der Waals surface area contributed by atoms with Crippen molar-refractivity contribution >= 4 is 23.4 Å². The van der Waals surface area contributed by atoms with Crippen molar-refractivity contribution in [2.45, 2.75) is 13.8 Å². The number of alkyl halides is 1. The maximum atomic E-state index is 12.4. The lowest BCUT2D eigenvalue weighted by Crippen LogP contribution is -2.54. The third-order valence-electron chi connectivity index (χ3n) is 4.25. The number of carbonyl (C=O) groups is 2. The second-order valence-electron chi connectivity index (χ2n) is 6.63. The van der Waals surface area contributed by atoms with Crippen LogP contribution in [-0.2, 0) is 9.59 Å². The number of rotatable bonds is 6. The van der Waals surface area contributed by atoms with Crippen LogP contribution in [0, 0.1) is 5.41 Å². The van der Waals surface area contributed by atoms with E-state index >= 15 is 0 Å². The Morgan fingerprint density at radius 1 is 1.08 bits per heavy atom. The van der Waals surface area contributed by atoms with Gasteiger partial charge in [-0.05, 0) is 26.0 Å². The van der Waals surface area contributed by atoms with Crippen molar-refractivity contribution in [1.29, 1.82) is 0 Å². The van der Waals surface area contributed by atoms with Crippen LogP contribution in [0.3, 0.4) is 0 Å². The zero-order valence-corrected chi connectivity index (χ0v) is 15.7. The molecule has 0 saturated carbocycles. The van der Waals surface area contributed by atoms with Gasteiger partial charge in [0.05, 0.1) is 12.5 Å². The summed E-state index contributed by atoms with van der Waals surface area (Å²) in [6, 6.07) is 7.21. The van der Waals surface area contributed by atoms with Crippen LogP contribution < -0.4 is 9.47 Å². The Morgan fingerprint density at radius 3 is 2.20 bits per heavy atom. The molecule has 2 amide bonds. The van der Waals surface area contributed by atoms with Gasteiger partial charge in [0.2, 0.25) is 5.91 Å². The smallest absolute Gasteiger partial charge is 0.260 e. The number of benzene rings is 1. The average molecular weight is 369 g/mol. The number of methoxy groups -OCH3 is 1. The number of ether oxygens (including phenoxy) is 2. The van der Waals surface area contributed by atoms with E-state index in [1.807, 2.05) is 26.0 Å². The van der Waals surface area contributed by atoms with Gasteiger partial charge in [-0.3, -0.25) is 9.59 Å². The molecule has 138 valence electrons. The number of nitrogens with zero attached hydrogens (tertiary/aromatic N) is 2. The normalized spacial score (nSPS) is 15.0. The van der Waals surface area contributed by atoms with Gasteiger partial charge < -0.3 is 19.3 Å². The van der Waals surface area contributed by atoms with Crippen molar-refractivity contribution in [2.24, 2.45) is 5.41 Å². The standard InChI is InChI=1S/C18H25ClN2O4/c1-18(2,13-19)17(23)21-10-8-20(9-11-21)16(22)12-25-15-7-5-4-6-14(15)24-3/h4-7H,8-13H2,1-3H3. The van der Waals surface area contributed by atoms with Crippen LogP contribution in [0.5, 0.6) is 11.5 Å². The fourth-order valence-corrected chi connectivity index (χ4v) is 2.73. The van der Waals surface area contributed by atoms with Gasteiger partial charge in [-0.2, -0.15) is 0 Å². The quantitative estimate of drug-likeness (QED) is 0.721. The van der Waals surface area contributed by atoms with E-state index in [9.17, 15) is 9.59 Å². The van der Waals surface area contributed by atoms with Crippen molar-refractivity contribution in [3.63, 3.8) is 0 Å². The fraction of sp³-hybridized carbons (Fsp3) is 0.556. The first-order chi connectivity index (χ1) is 11.9. The van der Waals surface area contributed by atoms with Crippen LogP contribution in [0.2, 0.25) is 0 Å². The molecule has 1 aliphatic heterocycles. The van der Waals surface area contributed by atoms with Crippen LogP contribution >= 0.6 is 11.6 Å². The zero-order valence-electron chi connectivity index (χ0n) is 15.0. The van der Waals surface area contributed by atoms with Gasteiger partial charge in [0.15, 0.2) is 18.1 Å². The Labute approximate surface area is 153 Å². The summed E-state index contributed by atoms with van der Waals surface area (Å²) in [5.74, 6) is 1.33. The summed E-state index contributed by atoms with van der Waals surface area (Å²) < 4.78 is 10.8. The lowest BCUT2D eigenvalue weighted by atomic mass is 9.94. The fourth-order valence-electron chi connectivity index (χ4n) is 2.61. The molecule has 0 radical (unpaired) electrons. The van der Waals surface area contributed by atoms with E-state index < -0.39 is 5.41 Å². The van der Waals surface area contributed by atoms with Crippen molar-refractivity contribution in [3.05, 3.63) is 24.3 Å². The Hall–Kier alpha value is -1.95. The largest absolute Gasteiger partial charge is 0.493 e. The molecule has 1 aliphatic rings. The van der Waals surface area contributed by atoms with E-state index in [4.69, 9.17) is 21.1 Å². The Bertz CT molecular complexity index is 613. The molecular weight excluding hydrogens is 344 g/mol. The van der Waals surface area contributed by atoms with E-state index in [0.717, 1.165) is 0 Å². The molecule has 0 spiro atoms. The number of halogens is 1. The summed E-state index contributed by atoms with van der Waals surface area (Å²) in [5.41, 5.74) is -0.583. The van der Waals surface area contributed by atoms with Crippen molar-refractivity contribution in [1.82, 2.24) is 9.80 Å². The Morgan fingerprint density at radius 2 is 1.64 bits per heavy atom. The Balaban J connectivity index is 1.84. The molecule has 2 rings (SSSR count). The molecule has 7 heteroatoms. The van der Waals surface area contributed by atoms with Crippen molar-refractivity contribution in [2.75, 3.05) is 45.8 Å². The average Bonchev–Trinajstić information content (AvgIpc) is 2.65. The Kier molecular flexibility index (Phi) is 6.53. The SMILES string of the molecule is COc1ccccc1OCC(=O)N1CCN(C(=O)C(C)(C)CCl)CC1. The van der Waals surface area contributed by atoms with Crippen molar-refractivity contribution in [3.8, 4) is 11.5 Å². The first kappa shape index (κ1) is 19.4. The molecule has 1 heterocycles. The third-order valence-corrected chi connectivity index (χ3v) is 4.92. The highest BCUT2D eigenvalue weighted by atomic mass is 35.5. The minimum absolute atomic E-state index is 0.0277. The molecule has 1 aromatic rings. The highest BCUT2D eigenvalue weighted by molar-refractivity contribution is 6.19. The third kappa shape index (κ3) is 4.78. The van der Waals surface area contributed by atoms with Gasteiger partial charge in [-0.15, -0.1) is 11.6 Å². The molecule has 0 N–H and O–H groups in total. The van der Waals surface area contributed by atoms with Gasteiger partial charge >= 0.3 is 0 Å². The molecule has 0 bridgehead atoms. The monoisotopic (exact) mass is 368 g/mol. The maximum Gasteiger partial charge on any atom is 0.260 e. The van der Waals surface area contributed by atoms with E-state index in [1.165, 1.54) is 0 Å². The predicted octanol–water partition coefficient (Wildman–Crippen LogP) is 2.01. The van der Waals surface area contributed by atoms with Gasteiger partial charge in [0.1, 0.15) is 0 Å². The maximum absolute atomic E-state index is 12.4. The van der Waals surface area contributed by atoms with E-state index in [1.54, 1.807) is 29.0 Å². The highest BCUT2D eigenvalue weighted by Crippen LogP contribution is 2.26. The number of amides is 2. The molecule has 1 aromatic carbocycles. The first-order valence-electron chi connectivity index (χ1n) is 8.28. The lowest BCUT2D eigenvalue weighted by molar-refractivity contribution is -0.145. The summed E-state index contributed by atoms with van der Waals surface area (Å²) in [7, 11) is 1.56. The number of hydrogen-bond acceptors (Lipinski definition) is 4. The highest BCUT2D eigenvalue weighted by Gasteiger charge is 2.33. The molecule has 6 nitrogen and oxygen atoms in total. The molecule has 0 aliphatic carbocycles. The topological polar surface area (TPSA) is 59.1 Å². The summed E-state index contributed by atoms with van der Waals surface area (Å²) in [4.78, 5) is 28.2. The van der Waals surface area contributed by atoms with E-state index in [2.05, 4.69) is 0 Å². The van der Waals surface area contributed by atoms with Crippen LogP contribution in [0.4, 0.5) is 0 Å². The second-order valence-corrected chi connectivity index (χ2v) is 6.90. The first-order valence-corrected chi connectivity index (χ1v) is 8.81. The number of carbonyl (C=O) groups excluding carboxylic acids is 2. The second kappa shape index (κ2) is 8.43. The number of para-hydroxylation sites is 2. The van der Waals surface area contributed by atoms with E-state index in [-0.39, 0.29) is 24.3 Å². The van der Waals surface area contributed by atoms with Crippen LogP contribution in [0.25, 0.3) is 0 Å². The lowest BCUT2D eigenvalue weighted by Gasteiger charge is -2.38. The van der Waals surface area contributed by atoms with Gasteiger partial charge in [0.25, 0.3) is 5.91 Å². The van der Waals surface area contributed by atoms with Gasteiger partial charge in [0, 0.05) is 32.1 Å². The van der Waals surface area contributed by atoms with E-state index in [0.29, 0.717) is 37.7 Å². The molecule has 25 heavy (non-hydrogen) atoms. The molecular formula is C18H25ClN2O4. The summed E-state index contributed by atoms with van der Waals surface area (Å²) in [5, 5.41) is 0. The summed E-state index contributed by atoms with van der Waals surface area (Å²) >= 11 is 5.87. The molecule has 0 atom stereocenters. The van der Waals surface area contributed by atoms with Gasteiger partial charge in [-0.25, -0.2) is 0 Å². The van der Waals surface area contributed by atoms with Crippen LogP contribution in [0.15, 0.2) is 24.3 Å². The molecule has 1 fully saturated rings.